The first-order chi connectivity index (χ1) is 14.6. The lowest BCUT2D eigenvalue weighted by atomic mass is 10.0. The molecule has 1 aliphatic rings. The number of benzene rings is 1. The monoisotopic (exact) mass is 426 g/mol. The molecule has 8 heteroatoms. The van der Waals surface area contributed by atoms with Crippen molar-refractivity contribution in [1.29, 1.82) is 5.26 Å². The Kier molecular flexibility index (Phi) is 8.20. The van der Waals surface area contributed by atoms with Gasteiger partial charge in [-0.15, -0.1) is 0 Å². The zero-order chi connectivity index (χ0) is 21.3. The highest BCUT2D eigenvalue weighted by molar-refractivity contribution is 7.80. The number of aromatic nitrogens is 1. The Balaban J connectivity index is 1.41. The van der Waals surface area contributed by atoms with E-state index in [0.717, 1.165) is 62.3 Å². The molecule has 3 N–H and O–H groups in total. The number of hydrogen-bond acceptors (Lipinski definition) is 6. The van der Waals surface area contributed by atoms with Crippen LogP contribution in [0.1, 0.15) is 23.1 Å². The average Bonchev–Trinajstić information content (AvgIpc) is 2.77. The van der Waals surface area contributed by atoms with Gasteiger partial charge in [-0.2, -0.15) is 5.26 Å². The second kappa shape index (κ2) is 11.1. The minimum absolute atomic E-state index is 0.551. The van der Waals surface area contributed by atoms with Crippen LogP contribution in [0.15, 0.2) is 18.2 Å². The Morgan fingerprint density at radius 1 is 1.20 bits per heavy atom. The van der Waals surface area contributed by atoms with E-state index in [1.165, 1.54) is 5.56 Å². The molecule has 160 valence electrons. The SMILES string of the molecule is Cc1ccc2cc(C#N)c(NCCNC(=S)NCCCN3CCOCC3)nc2c1C. The molecule has 1 aromatic heterocycles. The number of rotatable bonds is 8. The van der Waals surface area contributed by atoms with Gasteiger partial charge in [-0.05, 0) is 56.2 Å². The molecule has 0 aliphatic carbocycles. The van der Waals surface area contributed by atoms with Crippen LogP contribution >= 0.6 is 12.2 Å². The summed E-state index contributed by atoms with van der Waals surface area (Å²) in [5, 5.41) is 20.8. The average molecular weight is 427 g/mol. The van der Waals surface area contributed by atoms with Crippen LogP contribution in [0, 0.1) is 25.2 Å². The minimum Gasteiger partial charge on any atom is -0.379 e. The van der Waals surface area contributed by atoms with E-state index in [9.17, 15) is 5.26 Å². The van der Waals surface area contributed by atoms with Crippen molar-refractivity contribution in [3.63, 3.8) is 0 Å². The lowest BCUT2D eigenvalue weighted by Crippen LogP contribution is -2.40. The van der Waals surface area contributed by atoms with Gasteiger partial charge in [-0.1, -0.05) is 12.1 Å². The van der Waals surface area contributed by atoms with Crippen LogP contribution in [-0.4, -0.2) is 67.5 Å². The number of aryl methyl sites for hydroxylation is 2. The molecule has 7 nitrogen and oxygen atoms in total. The van der Waals surface area contributed by atoms with Gasteiger partial charge in [0.1, 0.15) is 11.9 Å². The molecular weight excluding hydrogens is 396 g/mol. The van der Waals surface area contributed by atoms with Crippen molar-refractivity contribution in [2.45, 2.75) is 20.3 Å². The van der Waals surface area contributed by atoms with Crippen molar-refractivity contribution in [2.24, 2.45) is 0 Å². The molecule has 2 heterocycles. The maximum Gasteiger partial charge on any atom is 0.166 e. The molecule has 0 amide bonds. The fourth-order valence-electron chi connectivity index (χ4n) is 3.45. The Morgan fingerprint density at radius 2 is 1.97 bits per heavy atom. The Hall–Kier alpha value is -2.47. The number of pyridine rings is 1. The number of fused-ring (bicyclic) bond motifs is 1. The molecule has 1 aromatic carbocycles. The molecule has 0 atom stereocenters. The lowest BCUT2D eigenvalue weighted by Gasteiger charge is -2.26. The normalized spacial score (nSPS) is 14.3. The predicted octanol–water partition coefficient (Wildman–Crippen LogP) is 2.32. The number of thiocarbonyl (C=S) groups is 1. The molecule has 0 bridgehead atoms. The molecule has 1 saturated heterocycles. The zero-order valence-electron chi connectivity index (χ0n) is 17.8. The van der Waals surface area contributed by atoms with Gasteiger partial charge in [0.05, 0.1) is 24.3 Å². The van der Waals surface area contributed by atoms with E-state index in [-0.39, 0.29) is 0 Å². The molecule has 1 aliphatic heterocycles. The fraction of sp³-hybridized carbons (Fsp3) is 0.500. The third kappa shape index (κ3) is 6.02. The van der Waals surface area contributed by atoms with Gasteiger partial charge in [0.25, 0.3) is 0 Å². The molecule has 0 radical (unpaired) electrons. The number of nitriles is 1. The van der Waals surface area contributed by atoms with E-state index in [1.54, 1.807) is 0 Å². The van der Waals surface area contributed by atoms with Crippen LogP contribution in [-0.2, 0) is 4.74 Å². The van der Waals surface area contributed by atoms with Crippen LogP contribution in [0.2, 0.25) is 0 Å². The zero-order valence-corrected chi connectivity index (χ0v) is 18.6. The fourth-order valence-corrected chi connectivity index (χ4v) is 3.66. The first-order valence-electron chi connectivity index (χ1n) is 10.4. The van der Waals surface area contributed by atoms with Crippen molar-refractivity contribution in [3.05, 3.63) is 34.9 Å². The van der Waals surface area contributed by atoms with Gasteiger partial charge < -0.3 is 20.7 Å². The van der Waals surface area contributed by atoms with Gasteiger partial charge in [0.2, 0.25) is 0 Å². The standard InChI is InChI=1S/C22H30N6OS/c1-16-4-5-18-14-19(15-23)21(27-20(18)17(16)2)24-7-8-26-22(30)25-6-3-9-28-10-12-29-13-11-28/h4-5,14H,3,6-13H2,1-2H3,(H,24,27)(H2,25,26,30). The van der Waals surface area contributed by atoms with Crippen molar-refractivity contribution in [2.75, 3.05) is 57.8 Å². The third-order valence-corrected chi connectivity index (χ3v) is 5.66. The van der Waals surface area contributed by atoms with E-state index in [0.29, 0.717) is 29.6 Å². The number of ether oxygens (including phenoxy) is 1. The molecule has 0 spiro atoms. The Morgan fingerprint density at radius 3 is 2.73 bits per heavy atom. The van der Waals surface area contributed by atoms with E-state index in [1.807, 2.05) is 12.1 Å². The molecule has 3 rings (SSSR count). The number of nitrogens with one attached hydrogen (secondary N) is 3. The summed E-state index contributed by atoms with van der Waals surface area (Å²) in [5.74, 6) is 0.616. The van der Waals surface area contributed by atoms with E-state index in [2.05, 4.69) is 46.8 Å². The quantitative estimate of drug-likeness (QED) is 0.438. The Labute approximate surface area is 183 Å². The summed E-state index contributed by atoms with van der Waals surface area (Å²) in [5.41, 5.74) is 3.81. The third-order valence-electron chi connectivity index (χ3n) is 5.38. The number of morpholine rings is 1. The van der Waals surface area contributed by atoms with Crippen molar-refractivity contribution in [3.8, 4) is 6.07 Å². The predicted molar refractivity (Wildman–Crippen MR) is 125 cm³/mol. The summed E-state index contributed by atoms with van der Waals surface area (Å²) in [6.07, 6.45) is 1.05. The van der Waals surface area contributed by atoms with E-state index < -0.39 is 0 Å². The molecule has 0 saturated carbocycles. The summed E-state index contributed by atoms with van der Waals surface area (Å²) in [7, 11) is 0. The summed E-state index contributed by atoms with van der Waals surface area (Å²) in [6, 6.07) is 8.21. The minimum atomic E-state index is 0.551. The Bertz CT molecular complexity index is 920. The van der Waals surface area contributed by atoms with E-state index >= 15 is 0 Å². The summed E-state index contributed by atoms with van der Waals surface area (Å²) >= 11 is 5.35. The highest BCUT2D eigenvalue weighted by Gasteiger charge is 2.10. The highest BCUT2D eigenvalue weighted by atomic mass is 32.1. The molecule has 1 fully saturated rings. The smallest absolute Gasteiger partial charge is 0.166 e. The molecule has 2 aromatic rings. The first kappa shape index (κ1) is 22.2. The largest absolute Gasteiger partial charge is 0.379 e. The topological polar surface area (TPSA) is 85.2 Å². The van der Waals surface area contributed by atoms with E-state index in [4.69, 9.17) is 21.9 Å². The molecule has 0 unspecified atom stereocenters. The van der Waals surface area contributed by atoms with Crippen LogP contribution in [0.25, 0.3) is 10.9 Å². The first-order valence-corrected chi connectivity index (χ1v) is 10.9. The van der Waals surface area contributed by atoms with Gasteiger partial charge in [0, 0.05) is 38.1 Å². The summed E-state index contributed by atoms with van der Waals surface area (Å²) in [4.78, 5) is 7.12. The second-order valence-electron chi connectivity index (χ2n) is 7.49. The maximum atomic E-state index is 9.47. The van der Waals surface area contributed by atoms with Crippen LogP contribution in [0.3, 0.4) is 0 Å². The van der Waals surface area contributed by atoms with Crippen molar-refractivity contribution >= 4 is 34.1 Å². The van der Waals surface area contributed by atoms with Crippen molar-refractivity contribution in [1.82, 2.24) is 20.5 Å². The van der Waals surface area contributed by atoms with Gasteiger partial charge in [-0.3, -0.25) is 4.90 Å². The molecular formula is C22H30N6OS. The van der Waals surface area contributed by atoms with Crippen molar-refractivity contribution < 1.29 is 4.74 Å². The van der Waals surface area contributed by atoms with Gasteiger partial charge in [0.15, 0.2) is 5.11 Å². The number of hydrogen-bond donors (Lipinski definition) is 3. The van der Waals surface area contributed by atoms with Crippen LogP contribution < -0.4 is 16.0 Å². The maximum absolute atomic E-state index is 9.47. The lowest BCUT2D eigenvalue weighted by molar-refractivity contribution is 0.0376. The summed E-state index contributed by atoms with van der Waals surface area (Å²) in [6.45, 7) is 11.0. The number of anilines is 1. The highest BCUT2D eigenvalue weighted by Crippen LogP contribution is 2.24. The second-order valence-corrected chi connectivity index (χ2v) is 7.90. The van der Waals surface area contributed by atoms with Gasteiger partial charge >= 0.3 is 0 Å². The molecule has 30 heavy (non-hydrogen) atoms. The van der Waals surface area contributed by atoms with Crippen LogP contribution in [0.4, 0.5) is 5.82 Å². The van der Waals surface area contributed by atoms with Crippen LogP contribution in [0.5, 0.6) is 0 Å². The number of nitrogens with zero attached hydrogens (tertiary/aromatic N) is 3. The van der Waals surface area contributed by atoms with Gasteiger partial charge in [-0.25, -0.2) is 4.98 Å². The summed E-state index contributed by atoms with van der Waals surface area (Å²) < 4.78 is 5.36.